The van der Waals surface area contributed by atoms with Crippen LogP contribution in [-0.4, -0.2) is 54.4 Å². The number of piperazine rings is 1. The van der Waals surface area contributed by atoms with E-state index in [0.717, 1.165) is 37.4 Å². The molecule has 2 aliphatic heterocycles. The summed E-state index contributed by atoms with van der Waals surface area (Å²) in [5, 5.41) is 2.87. The van der Waals surface area contributed by atoms with Crippen LogP contribution in [0.1, 0.15) is 58.1 Å². The van der Waals surface area contributed by atoms with Gasteiger partial charge in [-0.2, -0.15) is 0 Å². The average Bonchev–Trinajstić information content (AvgIpc) is 3.54. The van der Waals surface area contributed by atoms with Gasteiger partial charge in [0.05, 0.1) is 5.92 Å². The molecule has 1 unspecified atom stereocenters. The highest BCUT2D eigenvalue weighted by atomic mass is 16.2. The van der Waals surface area contributed by atoms with Gasteiger partial charge < -0.3 is 15.1 Å². The molecular weight excluding hydrogens is 376 g/mol. The number of nitrogens with one attached hydrogen (secondary N) is 1. The lowest BCUT2D eigenvalue weighted by molar-refractivity contribution is -0.120. The molecule has 3 fully saturated rings. The van der Waals surface area contributed by atoms with Crippen LogP contribution in [0.4, 0.5) is 5.82 Å². The van der Waals surface area contributed by atoms with E-state index in [1.54, 1.807) is 0 Å². The Morgan fingerprint density at radius 3 is 2.37 bits per heavy atom. The van der Waals surface area contributed by atoms with Gasteiger partial charge >= 0.3 is 0 Å². The van der Waals surface area contributed by atoms with Crippen molar-refractivity contribution in [2.45, 2.75) is 38.0 Å². The monoisotopic (exact) mass is 404 g/mol. The number of pyridine rings is 1. The fourth-order valence-electron chi connectivity index (χ4n) is 4.63. The van der Waals surface area contributed by atoms with Gasteiger partial charge in [0.1, 0.15) is 5.82 Å². The second kappa shape index (κ2) is 7.74. The molecule has 2 amide bonds. The van der Waals surface area contributed by atoms with Crippen molar-refractivity contribution in [1.82, 2.24) is 15.2 Å². The number of nitrogens with zero attached hydrogens (tertiary/aromatic N) is 3. The van der Waals surface area contributed by atoms with Crippen LogP contribution < -0.4 is 10.2 Å². The van der Waals surface area contributed by atoms with Gasteiger partial charge in [-0.15, -0.1) is 0 Å². The Balaban J connectivity index is 1.21. The summed E-state index contributed by atoms with van der Waals surface area (Å²) in [6.07, 6.45) is 5.43. The number of amides is 2. The van der Waals surface area contributed by atoms with Gasteiger partial charge in [-0.05, 0) is 60.9 Å². The second-order valence-electron chi connectivity index (χ2n) is 8.72. The van der Waals surface area contributed by atoms with E-state index < -0.39 is 0 Å². The maximum atomic E-state index is 12.9. The zero-order valence-electron chi connectivity index (χ0n) is 17.4. The molecule has 0 spiro atoms. The maximum absolute atomic E-state index is 12.9. The molecule has 30 heavy (non-hydrogen) atoms. The standard InChI is InChI=1S/C24H28N4O2/c1-16-14-20(17-2-3-17)15-26-22(16)27-10-12-28(13-11-27)24(30)19-6-4-18(5-7-19)21-8-9-25-23(21)29/h4-7,14-15,17,21H,2-3,8-13H2,1H3,(H,25,29). The Labute approximate surface area is 177 Å². The molecule has 1 aliphatic carbocycles. The minimum Gasteiger partial charge on any atom is -0.356 e. The van der Waals surface area contributed by atoms with Crippen LogP contribution in [0.5, 0.6) is 0 Å². The van der Waals surface area contributed by atoms with Crippen molar-refractivity contribution < 1.29 is 9.59 Å². The molecule has 6 nitrogen and oxygen atoms in total. The van der Waals surface area contributed by atoms with Gasteiger partial charge in [0.2, 0.25) is 5.91 Å². The van der Waals surface area contributed by atoms with Gasteiger partial charge in [-0.3, -0.25) is 9.59 Å². The number of carbonyl (C=O) groups excluding carboxylic acids is 2. The van der Waals surface area contributed by atoms with Gasteiger partial charge in [0.25, 0.3) is 5.91 Å². The van der Waals surface area contributed by atoms with E-state index >= 15 is 0 Å². The minimum absolute atomic E-state index is 0.0610. The fourth-order valence-corrected chi connectivity index (χ4v) is 4.63. The molecule has 0 bridgehead atoms. The Bertz CT molecular complexity index is 960. The van der Waals surface area contributed by atoms with E-state index in [9.17, 15) is 9.59 Å². The van der Waals surface area contributed by atoms with E-state index in [4.69, 9.17) is 4.98 Å². The quantitative estimate of drug-likeness (QED) is 0.851. The summed E-state index contributed by atoms with van der Waals surface area (Å²) in [6, 6.07) is 9.85. The second-order valence-corrected chi connectivity index (χ2v) is 8.72. The third-order valence-electron chi connectivity index (χ3n) is 6.60. The van der Waals surface area contributed by atoms with Crippen LogP contribution in [0.15, 0.2) is 36.5 Å². The molecule has 1 N–H and O–H groups in total. The van der Waals surface area contributed by atoms with Crippen LogP contribution >= 0.6 is 0 Å². The van der Waals surface area contributed by atoms with Gasteiger partial charge in [0, 0.05) is 44.5 Å². The summed E-state index contributed by atoms with van der Waals surface area (Å²) in [6.45, 7) is 5.84. The van der Waals surface area contributed by atoms with Gasteiger partial charge in [0.15, 0.2) is 0 Å². The number of carbonyl (C=O) groups is 2. The number of hydrogen-bond donors (Lipinski definition) is 1. The smallest absolute Gasteiger partial charge is 0.253 e. The first-order valence-electron chi connectivity index (χ1n) is 11.0. The molecule has 1 saturated carbocycles. The highest BCUT2D eigenvalue weighted by Gasteiger charge is 2.28. The van der Waals surface area contributed by atoms with Crippen molar-refractivity contribution in [2.75, 3.05) is 37.6 Å². The highest BCUT2D eigenvalue weighted by molar-refractivity contribution is 5.94. The van der Waals surface area contributed by atoms with Crippen molar-refractivity contribution in [3.63, 3.8) is 0 Å². The first-order valence-corrected chi connectivity index (χ1v) is 11.0. The van der Waals surface area contributed by atoms with Crippen molar-refractivity contribution in [3.8, 4) is 0 Å². The van der Waals surface area contributed by atoms with Crippen molar-refractivity contribution >= 4 is 17.6 Å². The Morgan fingerprint density at radius 2 is 1.77 bits per heavy atom. The molecule has 5 rings (SSSR count). The molecule has 3 heterocycles. The molecule has 2 aromatic rings. The molecule has 1 aromatic heterocycles. The van der Waals surface area contributed by atoms with E-state index in [1.165, 1.54) is 24.0 Å². The summed E-state index contributed by atoms with van der Waals surface area (Å²) in [7, 11) is 0. The molecule has 6 heteroatoms. The third-order valence-corrected chi connectivity index (χ3v) is 6.60. The summed E-state index contributed by atoms with van der Waals surface area (Å²) < 4.78 is 0. The minimum atomic E-state index is -0.0836. The zero-order valence-corrected chi connectivity index (χ0v) is 17.4. The topological polar surface area (TPSA) is 65.5 Å². The van der Waals surface area contributed by atoms with Gasteiger partial charge in [-0.25, -0.2) is 4.98 Å². The lowest BCUT2D eigenvalue weighted by Crippen LogP contribution is -2.49. The first kappa shape index (κ1) is 19.1. The number of anilines is 1. The van der Waals surface area contributed by atoms with Crippen molar-refractivity contribution in [1.29, 1.82) is 0 Å². The normalized spacial score (nSPS) is 21.6. The Kier molecular flexibility index (Phi) is 4.93. The molecule has 3 aliphatic rings. The molecule has 0 radical (unpaired) electrons. The van der Waals surface area contributed by atoms with Crippen LogP contribution in [0.25, 0.3) is 0 Å². The zero-order chi connectivity index (χ0) is 20.7. The molecule has 156 valence electrons. The van der Waals surface area contributed by atoms with Crippen LogP contribution in [0.2, 0.25) is 0 Å². The Morgan fingerprint density at radius 1 is 1.03 bits per heavy atom. The SMILES string of the molecule is Cc1cc(C2CC2)cnc1N1CCN(C(=O)c2ccc(C3CCNC3=O)cc2)CC1. The van der Waals surface area contributed by atoms with Crippen LogP contribution in [0, 0.1) is 6.92 Å². The van der Waals surface area contributed by atoms with E-state index in [1.807, 2.05) is 35.4 Å². The lowest BCUT2D eigenvalue weighted by Gasteiger charge is -2.36. The van der Waals surface area contributed by atoms with Crippen molar-refractivity contribution in [2.24, 2.45) is 0 Å². The number of hydrogen-bond acceptors (Lipinski definition) is 4. The first-order chi connectivity index (χ1) is 14.6. The molecular formula is C24H28N4O2. The average molecular weight is 405 g/mol. The van der Waals surface area contributed by atoms with Crippen LogP contribution in [0.3, 0.4) is 0 Å². The van der Waals surface area contributed by atoms with E-state index in [0.29, 0.717) is 24.6 Å². The van der Waals surface area contributed by atoms with Crippen molar-refractivity contribution in [3.05, 3.63) is 58.8 Å². The molecule has 1 aromatic carbocycles. The highest BCUT2D eigenvalue weighted by Crippen LogP contribution is 2.40. The summed E-state index contributed by atoms with van der Waals surface area (Å²) in [4.78, 5) is 33.8. The summed E-state index contributed by atoms with van der Waals surface area (Å²) in [5.74, 6) is 1.82. The fraction of sp³-hybridized carbons (Fsp3) is 0.458. The van der Waals surface area contributed by atoms with Crippen LogP contribution in [-0.2, 0) is 4.79 Å². The molecule has 2 saturated heterocycles. The van der Waals surface area contributed by atoms with E-state index in [-0.39, 0.29) is 17.7 Å². The predicted octanol–water partition coefficient (Wildman–Crippen LogP) is 2.83. The lowest BCUT2D eigenvalue weighted by atomic mass is 9.96. The number of rotatable bonds is 4. The summed E-state index contributed by atoms with van der Waals surface area (Å²) >= 11 is 0. The largest absolute Gasteiger partial charge is 0.356 e. The molecule has 1 atom stereocenters. The van der Waals surface area contributed by atoms with Gasteiger partial charge in [-0.1, -0.05) is 18.2 Å². The summed E-state index contributed by atoms with van der Waals surface area (Å²) in [5.41, 5.74) is 4.27. The Hall–Kier alpha value is -2.89. The number of aromatic nitrogens is 1. The maximum Gasteiger partial charge on any atom is 0.253 e. The number of benzene rings is 1. The third kappa shape index (κ3) is 3.66. The predicted molar refractivity (Wildman–Crippen MR) is 116 cm³/mol. The number of aryl methyl sites for hydroxylation is 1. The van der Waals surface area contributed by atoms with E-state index in [2.05, 4.69) is 23.2 Å².